The molecule has 1 heterocycles. The van der Waals surface area contributed by atoms with Crippen molar-refractivity contribution in [1.82, 2.24) is 14.8 Å². The number of benzene rings is 2. The minimum atomic E-state index is -1.04. The molecule has 0 aliphatic carbocycles. The van der Waals surface area contributed by atoms with Gasteiger partial charge in [-0.1, -0.05) is 23.7 Å². The van der Waals surface area contributed by atoms with Crippen molar-refractivity contribution < 1.29 is 14.7 Å². The van der Waals surface area contributed by atoms with Gasteiger partial charge in [0, 0.05) is 39.8 Å². The molecule has 0 spiro atoms. The minimum Gasteiger partial charge on any atom is -0.465 e. The van der Waals surface area contributed by atoms with E-state index in [9.17, 15) is 14.7 Å². The van der Waals surface area contributed by atoms with Gasteiger partial charge in [0.1, 0.15) is 6.33 Å². The lowest BCUT2D eigenvalue weighted by atomic mass is 10.1. The summed E-state index contributed by atoms with van der Waals surface area (Å²) in [5.41, 5.74) is 1.23. The van der Waals surface area contributed by atoms with Gasteiger partial charge >= 0.3 is 6.09 Å². The number of anilines is 2. The van der Waals surface area contributed by atoms with Crippen LogP contribution in [0.25, 0.3) is 17.6 Å². The number of carboxylic acid groups (broad SMARTS) is 1. The van der Waals surface area contributed by atoms with Crippen LogP contribution >= 0.6 is 11.6 Å². The van der Waals surface area contributed by atoms with Crippen LogP contribution in [0.2, 0.25) is 5.02 Å². The summed E-state index contributed by atoms with van der Waals surface area (Å²) in [7, 11) is 0. The molecule has 0 radical (unpaired) electrons. The molecule has 2 N–H and O–H groups in total. The van der Waals surface area contributed by atoms with Crippen molar-refractivity contribution >= 4 is 41.2 Å². The lowest BCUT2D eigenvalue weighted by Crippen LogP contribution is -2.45. The topological polar surface area (TPSA) is 100 Å². The van der Waals surface area contributed by atoms with Gasteiger partial charge in [-0.3, -0.25) is 9.69 Å². The van der Waals surface area contributed by atoms with Gasteiger partial charge in [-0.05, 0) is 57.2 Å². The van der Waals surface area contributed by atoms with Crippen LogP contribution in [0, 0.1) is 0 Å². The summed E-state index contributed by atoms with van der Waals surface area (Å²) in [4.78, 5) is 29.2. The summed E-state index contributed by atoms with van der Waals surface area (Å²) in [6.07, 6.45) is 3.25. The third kappa shape index (κ3) is 5.70. The average molecular weight is 440 g/mol. The molecule has 0 atom stereocenters. The Balaban J connectivity index is 1.65. The van der Waals surface area contributed by atoms with Crippen LogP contribution in [0.5, 0.6) is 0 Å². The SMILES string of the molecule is CC(C)(C)N(C(=O)O)c1ccc(NC(=O)C=Cn2cnc(-c3cccc(Cl)c3)n2)cc1. The van der Waals surface area contributed by atoms with E-state index < -0.39 is 11.6 Å². The molecule has 0 bridgehead atoms. The molecule has 0 unspecified atom stereocenters. The van der Waals surface area contributed by atoms with Gasteiger partial charge in [0.2, 0.25) is 5.91 Å². The molecule has 2 aromatic carbocycles. The Bertz CT molecular complexity index is 1120. The van der Waals surface area contributed by atoms with E-state index >= 15 is 0 Å². The number of carbonyl (C=O) groups excluding carboxylic acids is 1. The van der Waals surface area contributed by atoms with Crippen LogP contribution in [0.4, 0.5) is 16.2 Å². The van der Waals surface area contributed by atoms with E-state index in [2.05, 4.69) is 15.4 Å². The predicted molar refractivity (Wildman–Crippen MR) is 121 cm³/mol. The second-order valence-electron chi connectivity index (χ2n) is 7.70. The molecular formula is C22H22ClN5O3. The van der Waals surface area contributed by atoms with E-state index in [4.69, 9.17) is 11.6 Å². The Hall–Kier alpha value is -3.65. The molecule has 0 saturated heterocycles. The van der Waals surface area contributed by atoms with Gasteiger partial charge in [0.25, 0.3) is 0 Å². The number of rotatable bonds is 5. The number of aromatic nitrogens is 3. The Morgan fingerprint density at radius 3 is 2.48 bits per heavy atom. The van der Waals surface area contributed by atoms with Crippen LogP contribution in [0.15, 0.2) is 60.9 Å². The van der Waals surface area contributed by atoms with E-state index in [1.807, 2.05) is 32.9 Å². The molecule has 0 fully saturated rings. The van der Waals surface area contributed by atoms with Crippen LogP contribution in [0.1, 0.15) is 20.8 Å². The van der Waals surface area contributed by atoms with Crippen molar-refractivity contribution in [3.05, 3.63) is 66.0 Å². The minimum absolute atomic E-state index is 0.363. The molecule has 9 heteroatoms. The summed E-state index contributed by atoms with van der Waals surface area (Å²) < 4.78 is 1.42. The van der Waals surface area contributed by atoms with Crippen molar-refractivity contribution in [2.45, 2.75) is 26.3 Å². The van der Waals surface area contributed by atoms with Crippen LogP contribution in [-0.2, 0) is 4.79 Å². The molecule has 2 amide bonds. The third-order valence-corrected chi connectivity index (χ3v) is 4.46. The lowest BCUT2D eigenvalue weighted by molar-refractivity contribution is -0.111. The first kappa shape index (κ1) is 22.0. The fraction of sp³-hybridized carbons (Fsp3) is 0.182. The maximum absolute atomic E-state index is 12.2. The fourth-order valence-corrected chi connectivity index (χ4v) is 3.10. The van der Waals surface area contributed by atoms with Crippen molar-refractivity contribution in [3.8, 4) is 11.4 Å². The normalized spacial score (nSPS) is 11.5. The zero-order chi connectivity index (χ0) is 22.6. The number of amides is 2. The van der Waals surface area contributed by atoms with E-state index in [0.717, 1.165) is 5.56 Å². The predicted octanol–water partition coefficient (Wildman–Crippen LogP) is 4.99. The van der Waals surface area contributed by atoms with Crippen LogP contribution < -0.4 is 10.2 Å². The summed E-state index contributed by atoms with van der Waals surface area (Å²) in [5.74, 6) is 0.128. The van der Waals surface area contributed by atoms with Gasteiger partial charge in [-0.2, -0.15) is 0 Å². The zero-order valence-corrected chi connectivity index (χ0v) is 18.0. The molecular weight excluding hydrogens is 418 g/mol. The Kier molecular flexibility index (Phi) is 6.41. The Morgan fingerprint density at radius 1 is 1.16 bits per heavy atom. The average Bonchev–Trinajstić information content (AvgIpc) is 3.16. The standard InChI is InChI=1S/C22H22ClN5O3/c1-22(2,3)28(21(30)31)18-9-7-17(8-10-18)25-19(29)11-12-27-14-24-20(26-27)15-5-4-6-16(23)13-15/h4-14H,1-3H3,(H,25,29)(H,30,31). The van der Waals surface area contributed by atoms with Crippen LogP contribution in [-0.4, -0.2) is 37.4 Å². The first-order chi connectivity index (χ1) is 14.6. The highest BCUT2D eigenvalue weighted by molar-refractivity contribution is 6.30. The number of nitrogens with one attached hydrogen (secondary N) is 1. The van der Waals surface area contributed by atoms with Gasteiger partial charge < -0.3 is 10.4 Å². The Morgan fingerprint density at radius 2 is 1.87 bits per heavy atom. The first-order valence-corrected chi connectivity index (χ1v) is 9.81. The van der Waals surface area contributed by atoms with Crippen LogP contribution in [0.3, 0.4) is 0 Å². The quantitative estimate of drug-likeness (QED) is 0.545. The molecule has 31 heavy (non-hydrogen) atoms. The highest BCUT2D eigenvalue weighted by Gasteiger charge is 2.27. The van der Waals surface area contributed by atoms with E-state index in [0.29, 0.717) is 22.2 Å². The van der Waals surface area contributed by atoms with Crippen molar-refractivity contribution in [3.63, 3.8) is 0 Å². The van der Waals surface area contributed by atoms with Gasteiger partial charge in [0.05, 0.1) is 0 Å². The third-order valence-electron chi connectivity index (χ3n) is 4.23. The van der Waals surface area contributed by atoms with Gasteiger partial charge in [0.15, 0.2) is 5.82 Å². The maximum Gasteiger partial charge on any atom is 0.412 e. The number of nitrogens with zero attached hydrogens (tertiary/aromatic N) is 4. The number of hydrogen-bond donors (Lipinski definition) is 2. The Labute approximate surface area is 184 Å². The van der Waals surface area contributed by atoms with E-state index in [-0.39, 0.29) is 5.91 Å². The molecule has 0 aliphatic rings. The number of halogens is 1. The highest BCUT2D eigenvalue weighted by atomic mass is 35.5. The first-order valence-electron chi connectivity index (χ1n) is 9.43. The molecule has 8 nitrogen and oxygen atoms in total. The van der Waals surface area contributed by atoms with Crippen molar-refractivity contribution in [1.29, 1.82) is 0 Å². The van der Waals surface area contributed by atoms with Gasteiger partial charge in [-0.15, -0.1) is 5.10 Å². The monoisotopic (exact) mass is 439 g/mol. The lowest BCUT2D eigenvalue weighted by Gasteiger charge is -2.33. The summed E-state index contributed by atoms with van der Waals surface area (Å²) in [5, 5.41) is 17.1. The zero-order valence-electron chi connectivity index (χ0n) is 17.3. The van der Waals surface area contributed by atoms with Gasteiger partial charge in [-0.25, -0.2) is 14.5 Å². The number of carbonyl (C=O) groups is 2. The molecule has 3 rings (SSSR count). The van der Waals surface area contributed by atoms with Crippen molar-refractivity contribution in [2.24, 2.45) is 0 Å². The molecule has 0 saturated carbocycles. The molecule has 0 aliphatic heterocycles. The largest absolute Gasteiger partial charge is 0.465 e. The maximum atomic E-state index is 12.2. The van der Waals surface area contributed by atoms with Crippen molar-refractivity contribution in [2.75, 3.05) is 10.2 Å². The number of hydrogen-bond acceptors (Lipinski definition) is 4. The second kappa shape index (κ2) is 9.01. The second-order valence-corrected chi connectivity index (χ2v) is 8.14. The summed E-state index contributed by atoms with van der Waals surface area (Å²) in [6.45, 7) is 5.43. The smallest absolute Gasteiger partial charge is 0.412 e. The molecule has 160 valence electrons. The van der Waals surface area contributed by atoms with E-state index in [1.54, 1.807) is 36.4 Å². The highest BCUT2D eigenvalue weighted by Crippen LogP contribution is 2.25. The molecule has 3 aromatic rings. The summed E-state index contributed by atoms with van der Waals surface area (Å²) >= 11 is 5.98. The summed E-state index contributed by atoms with van der Waals surface area (Å²) in [6, 6.07) is 13.8. The van der Waals surface area contributed by atoms with E-state index in [1.165, 1.54) is 28.2 Å². The fourth-order valence-electron chi connectivity index (χ4n) is 2.91. The molecule has 1 aromatic heterocycles.